The van der Waals surface area contributed by atoms with Gasteiger partial charge in [0.15, 0.2) is 0 Å². The fourth-order valence-corrected chi connectivity index (χ4v) is 2.21. The number of halogens is 3. The first-order valence-corrected chi connectivity index (χ1v) is 7.92. The van der Waals surface area contributed by atoms with Crippen molar-refractivity contribution in [1.29, 1.82) is 0 Å². The second kappa shape index (κ2) is 7.99. The van der Waals surface area contributed by atoms with Crippen LogP contribution >= 0.6 is 0 Å². The average molecular weight is 338 g/mol. The van der Waals surface area contributed by atoms with E-state index in [2.05, 4.69) is 27.5 Å². The number of rotatable bonds is 7. The number of benzene rings is 1. The lowest BCUT2D eigenvalue weighted by Gasteiger charge is -2.11. The molecule has 2 N–H and O–H groups in total. The normalized spacial score (nSPS) is 11.4. The van der Waals surface area contributed by atoms with Crippen LogP contribution in [0.5, 0.6) is 0 Å². The number of alkyl halides is 3. The molecule has 130 valence electrons. The third-order valence-corrected chi connectivity index (χ3v) is 3.39. The molecule has 2 rings (SSSR count). The van der Waals surface area contributed by atoms with Gasteiger partial charge in [-0.25, -0.2) is 4.98 Å². The minimum atomic E-state index is -4.38. The van der Waals surface area contributed by atoms with Gasteiger partial charge in [-0.1, -0.05) is 25.8 Å². The molecule has 0 saturated heterocycles. The topological polar surface area (TPSA) is 49.8 Å². The molecule has 24 heavy (non-hydrogen) atoms. The standard InChI is InChI=1S/C17H21F3N4/c1-3-4-5-9-21-15-10-12(2)22-16(24-15)23-14-8-6-7-13(11-14)17(18,19)20/h6-8,10-11H,3-5,9H2,1-2H3,(H2,21,22,23,24). The van der Waals surface area contributed by atoms with Gasteiger partial charge >= 0.3 is 6.18 Å². The summed E-state index contributed by atoms with van der Waals surface area (Å²) in [6, 6.07) is 6.78. The maximum absolute atomic E-state index is 12.8. The highest BCUT2D eigenvalue weighted by Crippen LogP contribution is 2.31. The van der Waals surface area contributed by atoms with Gasteiger partial charge in [0.1, 0.15) is 5.82 Å². The number of hydrogen-bond donors (Lipinski definition) is 2. The van der Waals surface area contributed by atoms with Gasteiger partial charge in [0, 0.05) is 24.0 Å². The number of hydrogen-bond acceptors (Lipinski definition) is 4. The molecule has 2 aromatic rings. The Morgan fingerprint density at radius 2 is 1.88 bits per heavy atom. The number of unbranched alkanes of at least 4 members (excludes halogenated alkanes) is 2. The van der Waals surface area contributed by atoms with E-state index in [1.54, 1.807) is 6.07 Å². The third kappa shape index (κ3) is 5.40. The smallest absolute Gasteiger partial charge is 0.370 e. The molecule has 0 bridgehead atoms. The van der Waals surface area contributed by atoms with Gasteiger partial charge in [-0.2, -0.15) is 18.2 Å². The molecule has 0 atom stereocenters. The summed E-state index contributed by atoms with van der Waals surface area (Å²) in [6.45, 7) is 4.75. The lowest BCUT2D eigenvalue weighted by Crippen LogP contribution is -2.08. The summed E-state index contributed by atoms with van der Waals surface area (Å²) in [7, 11) is 0. The molecule has 0 saturated carbocycles. The van der Waals surface area contributed by atoms with Crippen LogP contribution in [0.1, 0.15) is 37.4 Å². The van der Waals surface area contributed by atoms with Crippen molar-refractivity contribution in [2.75, 3.05) is 17.2 Å². The van der Waals surface area contributed by atoms with E-state index in [4.69, 9.17) is 0 Å². The molecule has 1 aromatic carbocycles. The first kappa shape index (κ1) is 18.0. The molecule has 4 nitrogen and oxygen atoms in total. The van der Waals surface area contributed by atoms with Crippen LogP contribution in [0.15, 0.2) is 30.3 Å². The minimum absolute atomic E-state index is 0.271. The Morgan fingerprint density at radius 1 is 1.08 bits per heavy atom. The maximum Gasteiger partial charge on any atom is 0.416 e. The van der Waals surface area contributed by atoms with Crippen LogP contribution in [-0.4, -0.2) is 16.5 Å². The van der Waals surface area contributed by atoms with Crippen molar-refractivity contribution in [3.05, 3.63) is 41.6 Å². The van der Waals surface area contributed by atoms with Gasteiger partial charge < -0.3 is 10.6 Å². The quantitative estimate of drug-likeness (QED) is 0.686. The minimum Gasteiger partial charge on any atom is -0.370 e. The molecule has 0 aliphatic rings. The van der Waals surface area contributed by atoms with Gasteiger partial charge in [-0.3, -0.25) is 0 Å². The van der Waals surface area contributed by atoms with Crippen molar-refractivity contribution in [2.45, 2.75) is 39.3 Å². The molecule has 1 heterocycles. The van der Waals surface area contributed by atoms with Gasteiger partial charge in [0.05, 0.1) is 5.56 Å². The Labute approximate surface area is 139 Å². The summed E-state index contributed by atoms with van der Waals surface area (Å²) >= 11 is 0. The van der Waals surface area contributed by atoms with Crippen molar-refractivity contribution in [1.82, 2.24) is 9.97 Å². The third-order valence-electron chi connectivity index (χ3n) is 3.39. The van der Waals surface area contributed by atoms with Crippen LogP contribution in [0.2, 0.25) is 0 Å². The first-order chi connectivity index (χ1) is 11.4. The summed E-state index contributed by atoms with van der Waals surface area (Å²) in [5, 5.41) is 6.05. The van der Waals surface area contributed by atoms with Gasteiger partial charge in [-0.05, 0) is 31.5 Å². The predicted octanol–water partition coefficient (Wildman–Crippen LogP) is 5.15. The molecular weight excluding hydrogens is 317 g/mol. The SMILES string of the molecule is CCCCCNc1cc(C)nc(Nc2cccc(C(F)(F)F)c2)n1. The van der Waals surface area contributed by atoms with E-state index in [1.807, 2.05) is 13.0 Å². The molecule has 0 radical (unpaired) electrons. The Morgan fingerprint density at radius 3 is 2.58 bits per heavy atom. The molecular formula is C17H21F3N4. The van der Waals surface area contributed by atoms with Gasteiger partial charge in [-0.15, -0.1) is 0 Å². The number of nitrogens with one attached hydrogen (secondary N) is 2. The fraction of sp³-hybridized carbons (Fsp3) is 0.412. The van der Waals surface area contributed by atoms with E-state index in [9.17, 15) is 13.2 Å². The van der Waals surface area contributed by atoms with Crippen LogP contribution in [0, 0.1) is 6.92 Å². The van der Waals surface area contributed by atoms with E-state index in [0.29, 0.717) is 11.5 Å². The zero-order valence-electron chi connectivity index (χ0n) is 13.7. The van der Waals surface area contributed by atoms with Crippen LogP contribution in [0.3, 0.4) is 0 Å². The molecule has 0 amide bonds. The molecule has 0 aliphatic carbocycles. The van der Waals surface area contributed by atoms with Gasteiger partial charge in [0.25, 0.3) is 0 Å². The zero-order chi connectivity index (χ0) is 17.6. The van der Waals surface area contributed by atoms with E-state index in [0.717, 1.165) is 43.6 Å². The van der Waals surface area contributed by atoms with Gasteiger partial charge in [0.2, 0.25) is 5.95 Å². The highest BCUT2D eigenvalue weighted by atomic mass is 19.4. The van der Waals surface area contributed by atoms with E-state index < -0.39 is 11.7 Å². The molecule has 0 unspecified atom stereocenters. The summed E-state index contributed by atoms with van der Waals surface area (Å²) < 4.78 is 38.3. The van der Waals surface area contributed by atoms with Crippen molar-refractivity contribution in [2.24, 2.45) is 0 Å². The average Bonchev–Trinajstić information content (AvgIpc) is 2.50. The number of aryl methyl sites for hydroxylation is 1. The molecule has 7 heteroatoms. The summed E-state index contributed by atoms with van der Waals surface area (Å²) in [5.41, 5.74) is 0.322. The Balaban J connectivity index is 2.10. The summed E-state index contributed by atoms with van der Waals surface area (Å²) in [4.78, 5) is 8.53. The zero-order valence-corrected chi connectivity index (χ0v) is 13.7. The highest BCUT2D eigenvalue weighted by Gasteiger charge is 2.30. The Hall–Kier alpha value is -2.31. The number of nitrogens with zero attached hydrogens (tertiary/aromatic N) is 2. The second-order valence-corrected chi connectivity index (χ2v) is 5.56. The summed E-state index contributed by atoms with van der Waals surface area (Å²) in [5.74, 6) is 0.931. The van der Waals surface area contributed by atoms with Crippen molar-refractivity contribution < 1.29 is 13.2 Å². The molecule has 0 spiro atoms. The van der Waals surface area contributed by atoms with E-state index >= 15 is 0 Å². The summed E-state index contributed by atoms with van der Waals surface area (Å²) in [6.07, 6.45) is -1.08. The lowest BCUT2D eigenvalue weighted by molar-refractivity contribution is -0.137. The Bertz CT molecular complexity index is 671. The van der Waals surface area contributed by atoms with Crippen LogP contribution in [0.4, 0.5) is 30.6 Å². The molecule has 1 aromatic heterocycles. The second-order valence-electron chi connectivity index (χ2n) is 5.56. The van der Waals surface area contributed by atoms with Crippen LogP contribution < -0.4 is 10.6 Å². The lowest BCUT2D eigenvalue weighted by atomic mass is 10.2. The van der Waals surface area contributed by atoms with Crippen molar-refractivity contribution in [3.63, 3.8) is 0 Å². The largest absolute Gasteiger partial charge is 0.416 e. The Kier molecular flexibility index (Phi) is 6.00. The number of aromatic nitrogens is 2. The molecule has 0 fully saturated rings. The molecule has 0 aliphatic heterocycles. The highest BCUT2D eigenvalue weighted by molar-refractivity contribution is 5.56. The van der Waals surface area contributed by atoms with Crippen LogP contribution in [-0.2, 0) is 6.18 Å². The van der Waals surface area contributed by atoms with Crippen LogP contribution in [0.25, 0.3) is 0 Å². The number of anilines is 3. The predicted molar refractivity (Wildman–Crippen MR) is 89.5 cm³/mol. The maximum atomic E-state index is 12.8. The van der Waals surface area contributed by atoms with E-state index in [-0.39, 0.29) is 5.95 Å². The van der Waals surface area contributed by atoms with Crippen molar-refractivity contribution in [3.8, 4) is 0 Å². The monoisotopic (exact) mass is 338 g/mol. The fourth-order valence-electron chi connectivity index (χ4n) is 2.21. The first-order valence-electron chi connectivity index (χ1n) is 7.92. The van der Waals surface area contributed by atoms with Crippen molar-refractivity contribution >= 4 is 17.5 Å². The van der Waals surface area contributed by atoms with E-state index in [1.165, 1.54) is 6.07 Å².